The molecule has 0 spiro atoms. The van der Waals surface area contributed by atoms with Crippen LogP contribution in [-0.2, 0) is 12.4 Å². The Hall–Kier alpha value is -1.13. The first-order chi connectivity index (χ1) is 9.58. The average molecular weight is 298 g/mol. The van der Waals surface area contributed by atoms with Crippen LogP contribution >= 0.6 is 11.6 Å². The average Bonchev–Trinajstić information content (AvgIpc) is 2.83. The van der Waals surface area contributed by atoms with E-state index in [0.29, 0.717) is 17.4 Å². The Balaban J connectivity index is 2.27. The van der Waals surface area contributed by atoms with Gasteiger partial charge >= 0.3 is 0 Å². The third-order valence-corrected chi connectivity index (χ3v) is 4.19. The van der Waals surface area contributed by atoms with Crippen molar-refractivity contribution in [1.29, 1.82) is 0 Å². The number of para-hydroxylation sites is 1. The maximum absolute atomic E-state index is 13.8. The molecule has 0 N–H and O–H groups in total. The van der Waals surface area contributed by atoms with Gasteiger partial charge in [-0.3, -0.25) is 0 Å². The van der Waals surface area contributed by atoms with Crippen molar-refractivity contribution >= 4 is 22.6 Å². The SMILES string of the molecule is CCC(C)N(C)CCn1c(CCl)nc2c(F)cccc21. The van der Waals surface area contributed by atoms with E-state index >= 15 is 0 Å². The second-order valence-electron chi connectivity index (χ2n) is 5.16. The van der Waals surface area contributed by atoms with Gasteiger partial charge in [-0.15, -0.1) is 11.6 Å². The Morgan fingerprint density at radius 2 is 2.20 bits per heavy atom. The second-order valence-corrected chi connectivity index (χ2v) is 5.43. The van der Waals surface area contributed by atoms with E-state index in [0.717, 1.165) is 30.9 Å². The molecule has 0 aliphatic heterocycles. The third-order valence-electron chi connectivity index (χ3n) is 3.95. The van der Waals surface area contributed by atoms with E-state index in [9.17, 15) is 4.39 Å². The second kappa shape index (κ2) is 6.55. The van der Waals surface area contributed by atoms with Crippen molar-refractivity contribution in [1.82, 2.24) is 14.5 Å². The Labute approximate surface area is 124 Å². The predicted octanol–water partition coefficient (Wildman–Crippen LogP) is 3.64. The fourth-order valence-electron chi connectivity index (χ4n) is 2.30. The van der Waals surface area contributed by atoms with E-state index in [1.807, 2.05) is 10.6 Å². The van der Waals surface area contributed by atoms with Crippen LogP contribution in [-0.4, -0.2) is 34.1 Å². The van der Waals surface area contributed by atoms with Crippen LogP contribution < -0.4 is 0 Å². The summed E-state index contributed by atoms with van der Waals surface area (Å²) in [5.41, 5.74) is 1.23. The molecular weight excluding hydrogens is 277 g/mol. The zero-order valence-corrected chi connectivity index (χ0v) is 13.0. The lowest BCUT2D eigenvalue weighted by Crippen LogP contribution is -2.31. The van der Waals surface area contributed by atoms with Gasteiger partial charge in [0.2, 0.25) is 0 Å². The number of alkyl halides is 1. The van der Waals surface area contributed by atoms with E-state index in [-0.39, 0.29) is 5.82 Å². The normalized spacial score (nSPS) is 13.3. The topological polar surface area (TPSA) is 21.1 Å². The Kier molecular flexibility index (Phi) is 5.00. The van der Waals surface area contributed by atoms with E-state index in [2.05, 4.69) is 30.8 Å². The van der Waals surface area contributed by atoms with Crippen molar-refractivity contribution in [2.75, 3.05) is 13.6 Å². The molecule has 20 heavy (non-hydrogen) atoms. The van der Waals surface area contributed by atoms with Gasteiger partial charge in [0.25, 0.3) is 0 Å². The minimum absolute atomic E-state index is 0.289. The number of halogens is 2. The van der Waals surface area contributed by atoms with Gasteiger partial charge < -0.3 is 9.47 Å². The van der Waals surface area contributed by atoms with Crippen LogP contribution in [0.5, 0.6) is 0 Å². The van der Waals surface area contributed by atoms with Gasteiger partial charge in [-0.25, -0.2) is 9.37 Å². The maximum atomic E-state index is 13.8. The van der Waals surface area contributed by atoms with Crippen LogP contribution in [0, 0.1) is 5.82 Å². The first-order valence-corrected chi connectivity index (χ1v) is 7.51. The molecule has 3 nitrogen and oxygen atoms in total. The Morgan fingerprint density at radius 3 is 2.85 bits per heavy atom. The summed E-state index contributed by atoms with van der Waals surface area (Å²) >= 11 is 5.94. The number of aromatic nitrogens is 2. The molecule has 0 saturated carbocycles. The molecule has 2 aromatic rings. The zero-order chi connectivity index (χ0) is 14.7. The molecule has 0 radical (unpaired) electrons. The highest BCUT2D eigenvalue weighted by Gasteiger charge is 2.14. The highest BCUT2D eigenvalue weighted by Crippen LogP contribution is 2.20. The van der Waals surface area contributed by atoms with E-state index < -0.39 is 0 Å². The number of imidazole rings is 1. The number of likely N-dealkylation sites (N-methyl/N-ethyl adjacent to an activating group) is 1. The molecule has 0 amide bonds. The molecule has 0 bridgehead atoms. The summed E-state index contributed by atoms with van der Waals surface area (Å²) < 4.78 is 15.8. The third kappa shape index (κ3) is 2.96. The number of rotatable bonds is 6. The van der Waals surface area contributed by atoms with Gasteiger partial charge in [-0.1, -0.05) is 13.0 Å². The quantitative estimate of drug-likeness (QED) is 0.759. The maximum Gasteiger partial charge on any atom is 0.151 e. The lowest BCUT2D eigenvalue weighted by molar-refractivity contribution is 0.243. The highest BCUT2D eigenvalue weighted by atomic mass is 35.5. The molecule has 2 rings (SSSR count). The minimum atomic E-state index is -0.289. The van der Waals surface area contributed by atoms with Crippen molar-refractivity contribution < 1.29 is 4.39 Å². The van der Waals surface area contributed by atoms with Gasteiger partial charge in [-0.2, -0.15) is 0 Å². The summed E-state index contributed by atoms with van der Waals surface area (Å²) in [5, 5.41) is 0. The van der Waals surface area contributed by atoms with Gasteiger partial charge in [0, 0.05) is 19.1 Å². The smallest absolute Gasteiger partial charge is 0.151 e. The van der Waals surface area contributed by atoms with Crippen LogP contribution in [0.1, 0.15) is 26.1 Å². The first-order valence-electron chi connectivity index (χ1n) is 6.98. The Bertz CT molecular complexity index is 582. The molecule has 0 fully saturated rings. The summed E-state index contributed by atoms with van der Waals surface area (Å²) in [4.78, 5) is 6.61. The summed E-state index contributed by atoms with van der Waals surface area (Å²) in [5.74, 6) is 0.730. The van der Waals surface area contributed by atoms with E-state index in [1.54, 1.807) is 6.07 Å². The molecule has 1 aromatic heterocycles. The number of benzene rings is 1. The van der Waals surface area contributed by atoms with Crippen LogP contribution in [0.25, 0.3) is 11.0 Å². The summed E-state index contributed by atoms with van der Waals surface area (Å²) in [7, 11) is 2.11. The van der Waals surface area contributed by atoms with Gasteiger partial charge in [-0.05, 0) is 32.5 Å². The van der Waals surface area contributed by atoms with E-state index in [4.69, 9.17) is 11.6 Å². The zero-order valence-electron chi connectivity index (χ0n) is 12.2. The van der Waals surface area contributed by atoms with Gasteiger partial charge in [0.1, 0.15) is 11.3 Å². The highest BCUT2D eigenvalue weighted by molar-refractivity contribution is 6.16. The molecule has 1 heterocycles. The Morgan fingerprint density at radius 1 is 1.45 bits per heavy atom. The van der Waals surface area contributed by atoms with Crippen molar-refractivity contribution in [2.45, 2.75) is 38.7 Å². The molecule has 1 unspecified atom stereocenters. The van der Waals surface area contributed by atoms with Crippen LogP contribution in [0.3, 0.4) is 0 Å². The first kappa shape index (κ1) is 15.3. The van der Waals surface area contributed by atoms with Crippen molar-refractivity contribution in [3.05, 3.63) is 29.8 Å². The van der Waals surface area contributed by atoms with E-state index in [1.165, 1.54) is 6.07 Å². The standard InChI is InChI=1S/C15H21ClFN3/c1-4-11(2)19(3)8-9-20-13-7-5-6-12(17)15(13)18-14(20)10-16/h5-7,11H,4,8-10H2,1-3H3. The molecule has 5 heteroatoms. The lowest BCUT2D eigenvalue weighted by Gasteiger charge is -2.24. The molecule has 0 aliphatic rings. The fourth-order valence-corrected chi connectivity index (χ4v) is 2.51. The molecular formula is C15H21ClFN3. The van der Waals surface area contributed by atoms with Crippen molar-refractivity contribution in [2.24, 2.45) is 0 Å². The monoisotopic (exact) mass is 297 g/mol. The van der Waals surface area contributed by atoms with Crippen LogP contribution in [0.15, 0.2) is 18.2 Å². The van der Waals surface area contributed by atoms with Crippen molar-refractivity contribution in [3.8, 4) is 0 Å². The van der Waals surface area contributed by atoms with Gasteiger partial charge in [0.15, 0.2) is 5.82 Å². The molecule has 110 valence electrons. The minimum Gasteiger partial charge on any atom is -0.326 e. The molecule has 1 aromatic carbocycles. The van der Waals surface area contributed by atoms with Gasteiger partial charge in [0.05, 0.1) is 11.4 Å². The lowest BCUT2D eigenvalue weighted by atomic mass is 10.2. The number of fused-ring (bicyclic) bond motifs is 1. The summed E-state index contributed by atoms with van der Waals surface area (Å²) in [6, 6.07) is 5.57. The predicted molar refractivity (Wildman–Crippen MR) is 81.6 cm³/mol. The summed E-state index contributed by atoms with van der Waals surface area (Å²) in [6.07, 6.45) is 1.11. The largest absolute Gasteiger partial charge is 0.326 e. The summed E-state index contributed by atoms with van der Waals surface area (Å²) in [6.45, 7) is 6.03. The molecule has 0 aliphatic carbocycles. The van der Waals surface area contributed by atoms with Crippen LogP contribution in [0.2, 0.25) is 0 Å². The number of nitrogens with zero attached hydrogens (tertiary/aromatic N) is 3. The fraction of sp³-hybridized carbons (Fsp3) is 0.533. The number of hydrogen-bond donors (Lipinski definition) is 0. The number of hydrogen-bond acceptors (Lipinski definition) is 2. The molecule has 1 atom stereocenters. The van der Waals surface area contributed by atoms with Crippen LogP contribution in [0.4, 0.5) is 4.39 Å². The van der Waals surface area contributed by atoms with Crippen molar-refractivity contribution in [3.63, 3.8) is 0 Å². The molecule has 0 saturated heterocycles.